The van der Waals surface area contributed by atoms with Crippen molar-refractivity contribution in [1.29, 1.82) is 0 Å². The summed E-state index contributed by atoms with van der Waals surface area (Å²) < 4.78 is 5.43. The molecule has 1 fully saturated rings. The molecule has 0 aromatic heterocycles. The minimum atomic E-state index is -0.460. The Bertz CT molecular complexity index is 591. The average Bonchev–Trinajstić information content (AvgIpc) is 3.09. The van der Waals surface area contributed by atoms with E-state index in [1.807, 2.05) is 26.8 Å². The van der Waals surface area contributed by atoms with E-state index in [1.165, 1.54) is 5.56 Å². The number of nitrogens with one attached hydrogen (secondary N) is 2. The van der Waals surface area contributed by atoms with Crippen molar-refractivity contribution in [3.63, 3.8) is 0 Å². The number of ether oxygens (including phenoxy) is 1. The number of rotatable bonds is 5. The smallest absolute Gasteiger partial charge is 0.407 e. The van der Waals surface area contributed by atoms with E-state index in [1.54, 1.807) is 0 Å². The third kappa shape index (κ3) is 4.18. The van der Waals surface area contributed by atoms with Crippen LogP contribution in [0.5, 0.6) is 0 Å². The maximum absolute atomic E-state index is 12.2. The fourth-order valence-electron chi connectivity index (χ4n) is 3.84. The summed E-state index contributed by atoms with van der Waals surface area (Å²) in [5.41, 5.74) is 0.825. The lowest BCUT2D eigenvalue weighted by molar-refractivity contribution is 0.0480. The first kappa shape index (κ1) is 17.0. The van der Waals surface area contributed by atoms with Crippen molar-refractivity contribution in [2.24, 2.45) is 17.8 Å². The lowest BCUT2D eigenvalue weighted by atomic mass is 9.89. The molecule has 1 aromatic carbocycles. The van der Waals surface area contributed by atoms with Crippen molar-refractivity contribution in [2.75, 3.05) is 6.54 Å². The summed E-state index contributed by atoms with van der Waals surface area (Å²) in [6.07, 6.45) is 5.40. The topological polar surface area (TPSA) is 50.4 Å². The van der Waals surface area contributed by atoms with Crippen LogP contribution in [0.25, 0.3) is 0 Å². The van der Waals surface area contributed by atoms with Crippen molar-refractivity contribution < 1.29 is 9.53 Å². The number of carbonyl (C=O) groups is 1. The van der Waals surface area contributed by atoms with E-state index in [-0.39, 0.29) is 12.1 Å². The van der Waals surface area contributed by atoms with E-state index >= 15 is 0 Å². The van der Waals surface area contributed by atoms with Crippen LogP contribution in [0, 0.1) is 17.8 Å². The summed E-state index contributed by atoms with van der Waals surface area (Å²) in [5.74, 6) is 1.42. The van der Waals surface area contributed by atoms with Crippen molar-refractivity contribution in [3.8, 4) is 0 Å². The summed E-state index contributed by atoms with van der Waals surface area (Å²) >= 11 is 0. The van der Waals surface area contributed by atoms with E-state index < -0.39 is 5.60 Å². The van der Waals surface area contributed by atoms with Crippen LogP contribution in [-0.2, 0) is 11.3 Å². The Balaban J connectivity index is 1.55. The predicted octanol–water partition coefficient (Wildman–Crippen LogP) is 3.49. The van der Waals surface area contributed by atoms with Crippen LogP contribution in [0.2, 0.25) is 0 Å². The summed E-state index contributed by atoms with van der Waals surface area (Å²) in [7, 11) is 0. The number of benzene rings is 1. The molecule has 2 N–H and O–H groups in total. The Morgan fingerprint density at radius 1 is 1.17 bits per heavy atom. The van der Waals surface area contributed by atoms with Gasteiger partial charge in [0.1, 0.15) is 5.60 Å². The van der Waals surface area contributed by atoms with E-state index in [0.29, 0.717) is 17.8 Å². The number of fused-ring (bicyclic) bond motifs is 2. The highest BCUT2D eigenvalue weighted by Crippen LogP contribution is 2.43. The zero-order valence-corrected chi connectivity index (χ0v) is 14.8. The second kappa shape index (κ2) is 6.98. The van der Waals surface area contributed by atoms with Gasteiger partial charge in [0.05, 0.1) is 0 Å². The van der Waals surface area contributed by atoms with Gasteiger partial charge in [0.25, 0.3) is 0 Å². The predicted molar refractivity (Wildman–Crippen MR) is 95.5 cm³/mol. The molecule has 4 heteroatoms. The van der Waals surface area contributed by atoms with Gasteiger partial charge in [-0.3, -0.25) is 0 Å². The van der Waals surface area contributed by atoms with Gasteiger partial charge >= 0.3 is 6.09 Å². The lowest BCUT2D eigenvalue weighted by Crippen LogP contribution is -2.47. The first-order valence-electron chi connectivity index (χ1n) is 8.85. The monoisotopic (exact) mass is 328 g/mol. The molecular formula is C20H28N2O2. The fourth-order valence-corrected chi connectivity index (χ4v) is 3.84. The van der Waals surface area contributed by atoms with Crippen LogP contribution in [0.1, 0.15) is 32.8 Å². The lowest BCUT2D eigenvalue weighted by Gasteiger charge is -2.30. The molecule has 1 amide bonds. The molecule has 2 bridgehead atoms. The van der Waals surface area contributed by atoms with Gasteiger partial charge in [-0.25, -0.2) is 4.79 Å². The van der Waals surface area contributed by atoms with Crippen LogP contribution in [-0.4, -0.2) is 24.3 Å². The molecule has 2 unspecified atom stereocenters. The van der Waals surface area contributed by atoms with Gasteiger partial charge in [0, 0.05) is 19.1 Å². The van der Waals surface area contributed by atoms with Crippen molar-refractivity contribution in [3.05, 3.63) is 48.0 Å². The van der Waals surface area contributed by atoms with E-state index in [2.05, 4.69) is 47.1 Å². The zero-order valence-electron chi connectivity index (χ0n) is 14.8. The Kier molecular flexibility index (Phi) is 4.95. The molecule has 3 rings (SSSR count). The van der Waals surface area contributed by atoms with Gasteiger partial charge in [-0.15, -0.1) is 0 Å². The van der Waals surface area contributed by atoms with Crippen LogP contribution in [0.15, 0.2) is 42.5 Å². The Morgan fingerprint density at radius 3 is 2.58 bits per heavy atom. The van der Waals surface area contributed by atoms with Gasteiger partial charge in [-0.2, -0.15) is 0 Å². The van der Waals surface area contributed by atoms with Crippen molar-refractivity contribution in [2.45, 2.75) is 45.4 Å². The summed E-state index contributed by atoms with van der Waals surface area (Å²) in [5, 5.41) is 6.67. The summed E-state index contributed by atoms with van der Waals surface area (Å²) in [6.45, 7) is 7.45. The highest BCUT2D eigenvalue weighted by molar-refractivity contribution is 5.68. The number of amides is 1. The molecule has 0 saturated heterocycles. The molecule has 0 heterocycles. The van der Waals surface area contributed by atoms with Gasteiger partial charge in [-0.1, -0.05) is 42.5 Å². The van der Waals surface area contributed by atoms with Crippen LogP contribution in [0.4, 0.5) is 4.79 Å². The Hall–Kier alpha value is -1.81. The molecule has 24 heavy (non-hydrogen) atoms. The third-order valence-electron chi connectivity index (χ3n) is 4.86. The molecule has 0 spiro atoms. The number of hydrogen-bond acceptors (Lipinski definition) is 3. The van der Waals surface area contributed by atoms with Gasteiger partial charge in [0.2, 0.25) is 0 Å². The number of carbonyl (C=O) groups excluding carboxylic acids is 1. The molecule has 2 aliphatic carbocycles. The molecule has 0 radical (unpaired) electrons. The molecule has 4 nitrogen and oxygen atoms in total. The highest BCUT2D eigenvalue weighted by Gasteiger charge is 2.45. The van der Waals surface area contributed by atoms with E-state index in [0.717, 1.165) is 19.5 Å². The van der Waals surface area contributed by atoms with Crippen molar-refractivity contribution >= 4 is 6.09 Å². The highest BCUT2D eigenvalue weighted by atomic mass is 16.6. The number of hydrogen-bond donors (Lipinski definition) is 2. The van der Waals surface area contributed by atoms with Gasteiger partial charge < -0.3 is 15.4 Å². The average molecular weight is 328 g/mol. The van der Waals surface area contributed by atoms with Crippen molar-refractivity contribution in [1.82, 2.24) is 10.6 Å². The Labute approximate surface area is 144 Å². The SMILES string of the molecule is CC(C)(C)OC(=O)N[C@@H]1C2C=CC(C2)[C@@H]1CNCc1ccccc1. The van der Waals surface area contributed by atoms with E-state index in [4.69, 9.17) is 4.74 Å². The molecule has 4 atom stereocenters. The molecule has 1 aromatic rings. The molecular weight excluding hydrogens is 300 g/mol. The first-order chi connectivity index (χ1) is 11.4. The Morgan fingerprint density at radius 2 is 1.88 bits per heavy atom. The normalized spacial score (nSPS) is 28.1. The van der Waals surface area contributed by atoms with Crippen LogP contribution in [0.3, 0.4) is 0 Å². The standard InChI is InChI=1S/C20H28N2O2/c1-20(2,3)24-19(23)22-18-16-10-9-15(11-16)17(18)13-21-12-14-7-5-4-6-8-14/h4-10,15-18,21H,11-13H2,1-3H3,(H,22,23)/t15?,16?,17-,18+/m0/s1. The molecule has 0 aliphatic heterocycles. The number of alkyl carbamates (subject to hydrolysis) is 1. The summed E-state index contributed by atoms with van der Waals surface area (Å²) in [4.78, 5) is 12.2. The molecule has 130 valence electrons. The molecule has 1 saturated carbocycles. The second-order valence-electron chi connectivity index (χ2n) is 7.90. The zero-order chi connectivity index (χ0) is 17.2. The van der Waals surface area contributed by atoms with Crippen LogP contribution < -0.4 is 10.6 Å². The summed E-state index contributed by atoms with van der Waals surface area (Å²) in [6, 6.07) is 10.6. The molecule has 2 aliphatic rings. The quantitative estimate of drug-likeness (QED) is 0.814. The minimum Gasteiger partial charge on any atom is -0.444 e. The van der Waals surface area contributed by atoms with Gasteiger partial charge in [0.15, 0.2) is 0 Å². The van der Waals surface area contributed by atoms with Crippen LogP contribution >= 0.6 is 0 Å². The van der Waals surface area contributed by atoms with E-state index in [9.17, 15) is 4.79 Å². The third-order valence-corrected chi connectivity index (χ3v) is 4.86. The number of allylic oxidation sites excluding steroid dienone is 1. The maximum Gasteiger partial charge on any atom is 0.407 e. The maximum atomic E-state index is 12.2. The minimum absolute atomic E-state index is 0.165. The first-order valence-corrected chi connectivity index (χ1v) is 8.85. The van der Waals surface area contributed by atoms with Gasteiger partial charge in [-0.05, 0) is 50.5 Å². The second-order valence-corrected chi connectivity index (χ2v) is 7.90. The fraction of sp³-hybridized carbons (Fsp3) is 0.550. The largest absolute Gasteiger partial charge is 0.444 e.